The molecule has 1 rings (SSSR count). The van der Waals surface area contributed by atoms with Crippen LogP contribution in [0.3, 0.4) is 0 Å². The highest BCUT2D eigenvalue weighted by Gasteiger charge is 2.37. The molecule has 3 heteroatoms. The number of nitrogens with two attached hydrogens (primary N) is 1. The lowest BCUT2D eigenvalue weighted by Crippen LogP contribution is -2.48. The van der Waals surface area contributed by atoms with Crippen LogP contribution in [0.2, 0.25) is 0 Å². The third-order valence-electron chi connectivity index (χ3n) is 2.28. The first kappa shape index (κ1) is 9.26. The van der Waals surface area contributed by atoms with Gasteiger partial charge in [0.15, 0.2) is 0 Å². The second-order valence-electron chi connectivity index (χ2n) is 3.16. The summed E-state index contributed by atoms with van der Waals surface area (Å²) in [4.78, 5) is 11.1. The van der Waals surface area contributed by atoms with E-state index in [1.165, 1.54) is 0 Å². The summed E-state index contributed by atoms with van der Waals surface area (Å²) < 4.78 is 5.42. The molecule has 0 radical (unpaired) electrons. The highest BCUT2D eigenvalue weighted by atomic mass is 16.5. The molecule has 68 valence electrons. The number of carbonyl (C=O) groups excluding carboxylic acids is 1. The molecule has 0 aromatic rings. The Hall–Kier alpha value is -0.830. The largest absolute Gasteiger partial charge is 0.367 e. The minimum atomic E-state index is -0.750. The van der Waals surface area contributed by atoms with Crippen LogP contribution in [-0.2, 0) is 9.53 Å². The van der Waals surface area contributed by atoms with Crippen LogP contribution in [0.5, 0.6) is 0 Å². The number of rotatable bonds is 3. The van der Waals surface area contributed by atoms with E-state index in [1.54, 1.807) is 6.08 Å². The van der Waals surface area contributed by atoms with Crippen LogP contribution in [0, 0.1) is 0 Å². The predicted molar refractivity (Wildman–Crippen MR) is 46.5 cm³/mol. The van der Waals surface area contributed by atoms with Gasteiger partial charge >= 0.3 is 0 Å². The van der Waals surface area contributed by atoms with Gasteiger partial charge in [-0.25, -0.2) is 0 Å². The van der Waals surface area contributed by atoms with Crippen molar-refractivity contribution in [1.29, 1.82) is 0 Å². The maximum Gasteiger partial charge on any atom is 0.250 e. The molecule has 0 bridgehead atoms. The number of amides is 1. The van der Waals surface area contributed by atoms with Crippen LogP contribution in [0.1, 0.15) is 25.7 Å². The Balaban J connectivity index is 2.69. The molecule has 1 heterocycles. The van der Waals surface area contributed by atoms with Crippen molar-refractivity contribution in [3.05, 3.63) is 12.7 Å². The molecule has 1 unspecified atom stereocenters. The summed E-state index contributed by atoms with van der Waals surface area (Å²) in [5.74, 6) is -0.359. The topological polar surface area (TPSA) is 52.3 Å². The summed E-state index contributed by atoms with van der Waals surface area (Å²) in [6.45, 7) is 4.23. The third-order valence-corrected chi connectivity index (χ3v) is 2.28. The molecule has 1 saturated heterocycles. The van der Waals surface area contributed by atoms with Gasteiger partial charge in [-0.1, -0.05) is 6.08 Å². The van der Waals surface area contributed by atoms with Gasteiger partial charge in [0.05, 0.1) is 0 Å². The van der Waals surface area contributed by atoms with E-state index < -0.39 is 5.60 Å². The van der Waals surface area contributed by atoms with Crippen molar-refractivity contribution in [1.82, 2.24) is 0 Å². The fourth-order valence-corrected chi connectivity index (χ4v) is 1.54. The van der Waals surface area contributed by atoms with Crippen molar-refractivity contribution in [3.8, 4) is 0 Å². The highest BCUT2D eigenvalue weighted by molar-refractivity contribution is 5.83. The smallest absolute Gasteiger partial charge is 0.250 e. The zero-order valence-corrected chi connectivity index (χ0v) is 7.21. The molecule has 3 nitrogen and oxygen atoms in total. The molecule has 0 aromatic heterocycles. The van der Waals surface area contributed by atoms with Crippen molar-refractivity contribution >= 4 is 5.91 Å². The van der Waals surface area contributed by atoms with Gasteiger partial charge in [-0.05, 0) is 19.3 Å². The van der Waals surface area contributed by atoms with Crippen LogP contribution in [0.25, 0.3) is 0 Å². The summed E-state index contributed by atoms with van der Waals surface area (Å²) in [6.07, 6.45) is 4.98. The summed E-state index contributed by atoms with van der Waals surface area (Å²) in [7, 11) is 0. The average Bonchev–Trinajstić information content (AvgIpc) is 2.06. The molecule has 1 aliphatic heterocycles. The van der Waals surface area contributed by atoms with Crippen LogP contribution in [-0.4, -0.2) is 18.1 Å². The third kappa shape index (κ3) is 1.67. The van der Waals surface area contributed by atoms with Crippen LogP contribution >= 0.6 is 0 Å². The summed E-state index contributed by atoms with van der Waals surface area (Å²) in [5, 5.41) is 0. The van der Waals surface area contributed by atoms with Crippen molar-refractivity contribution in [3.63, 3.8) is 0 Å². The van der Waals surface area contributed by atoms with E-state index in [2.05, 4.69) is 6.58 Å². The first-order valence-corrected chi connectivity index (χ1v) is 4.26. The number of hydrogen-bond donors (Lipinski definition) is 1. The molecular weight excluding hydrogens is 154 g/mol. The zero-order chi connectivity index (χ0) is 9.03. The van der Waals surface area contributed by atoms with Crippen LogP contribution in [0.15, 0.2) is 12.7 Å². The quantitative estimate of drug-likeness (QED) is 0.640. The molecule has 1 amide bonds. The Kier molecular flexibility index (Phi) is 2.87. The molecule has 1 fully saturated rings. The Labute approximate surface area is 72.6 Å². The maximum atomic E-state index is 11.1. The summed E-state index contributed by atoms with van der Waals surface area (Å²) >= 11 is 0. The average molecular weight is 169 g/mol. The number of primary amides is 1. The van der Waals surface area contributed by atoms with Gasteiger partial charge in [-0.15, -0.1) is 6.58 Å². The molecule has 0 saturated carbocycles. The normalized spacial score (nSPS) is 29.7. The fraction of sp³-hybridized carbons (Fsp3) is 0.667. The van der Waals surface area contributed by atoms with Crippen molar-refractivity contribution in [2.75, 3.05) is 6.61 Å². The minimum absolute atomic E-state index is 0.359. The number of hydrogen-bond acceptors (Lipinski definition) is 2. The first-order valence-electron chi connectivity index (χ1n) is 4.26. The van der Waals surface area contributed by atoms with E-state index in [1.807, 2.05) is 0 Å². The molecule has 2 N–H and O–H groups in total. The van der Waals surface area contributed by atoms with Crippen LogP contribution in [0.4, 0.5) is 0 Å². The monoisotopic (exact) mass is 169 g/mol. The lowest BCUT2D eigenvalue weighted by Gasteiger charge is -2.33. The Morgan fingerprint density at radius 1 is 1.67 bits per heavy atom. The zero-order valence-electron chi connectivity index (χ0n) is 7.21. The van der Waals surface area contributed by atoms with Gasteiger partial charge in [-0.3, -0.25) is 4.79 Å². The molecular formula is C9H15NO2. The Morgan fingerprint density at radius 2 is 2.42 bits per heavy atom. The molecule has 1 aliphatic rings. The van der Waals surface area contributed by atoms with E-state index in [4.69, 9.17) is 10.5 Å². The van der Waals surface area contributed by atoms with Gasteiger partial charge in [0, 0.05) is 13.0 Å². The van der Waals surface area contributed by atoms with E-state index in [-0.39, 0.29) is 5.91 Å². The Morgan fingerprint density at radius 3 is 2.83 bits per heavy atom. The highest BCUT2D eigenvalue weighted by Crippen LogP contribution is 2.28. The van der Waals surface area contributed by atoms with Crippen molar-refractivity contribution < 1.29 is 9.53 Å². The maximum absolute atomic E-state index is 11.1. The molecule has 12 heavy (non-hydrogen) atoms. The van der Waals surface area contributed by atoms with Crippen molar-refractivity contribution in [2.24, 2.45) is 5.73 Å². The first-order chi connectivity index (χ1) is 5.71. The van der Waals surface area contributed by atoms with Gasteiger partial charge < -0.3 is 10.5 Å². The lowest BCUT2D eigenvalue weighted by atomic mass is 9.90. The van der Waals surface area contributed by atoms with Gasteiger partial charge in [0.25, 0.3) is 0 Å². The van der Waals surface area contributed by atoms with Gasteiger partial charge in [0.2, 0.25) is 5.91 Å². The molecule has 1 atom stereocenters. The van der Waals surface area contributed by atoms with E-state index in [0.29, 0.717) is 13.0 Å². The number of carbonyl (C=O) groups is 1. The van der Waals surface area contributed by atoms with Crippen LogP contribution < -0.4 is 5.73 Å². The Bertz CT molecular complexity index is 183. The van der Waals surface area contributed by atoms with E-state index >= 15 is 0 Å². The fourth-order valence-electron chi connectivity index (χ4n) is 1.54. The summed E-state index contributed by atoms with van der Waals surface area (Å²) in [6, 6.07) is 0. The minimum Gasteiger partial charge on any atom is -0.367 e. The van der Waals surface area contributed by atoms with Gasteiger partial charge in [-0.2, -0.15) is 0 Å². The summed E-state index contributed by atoms with van der Waals surface area (Å²) in [5.41, 5.74) is 4.53. The van der Waals surface area contributed by atoms with E-state index in [9.17, 15) is 4.79 Å². The predicted octanol–water partition coefficient (Wildman–Crippen LogP) is 0.987. The second kappa shape index (κ2) is 3.72. The van der Waals surface area contributed by atoms with Crippen molar-refractivity contribution in [2.45, 2.75) is 31.3 Å². The molecule has 0 aromatic carbocycles. The molecule has 0 aliphatic carbocycles. The lowest BCUT2D eigenvalue weighted by molar-refractivity contribution is -0.149. The van der Waals surface area contributed by atoms with E-state index in [0.717, 1.165) is 19.3 Å². The standard InChI is InChI=1S/C9H15NO2/c1-2-5-9(8(10)11)6-3-4-7-12-9/h2H,1,3-7H2,(H2,10,11). The number of ether oxygens (including phenoxy) is 1. The van der Waals surface area contributed by atoms with Gasteiger partial charge in [0.1, 0.15) is 5.60 Å². The second-order valence-corrected chi connectivity index (χ2v) is 3.16. The molecule has 0 spiro atoms. The SMILES string of the molecule is C=CCC1(C(N)=O)CCCCO1.